The molecule has 2 rings (SSSR count). The van der Waals surface area contributed by atoms with E-state index >= 15 is 0 Å². The lowest BCUT2D eigenvalue weighted by Gasteiger charge is -2.06. The van der Waals surface area contributed by atoms with E-state index in [4.69, 9.17) is 16.3 Å². The maximum absolute atomic E-state index is 10.9. The summed E-state index contributed by atoms with van der Waals surface area (Å²) in [5.74, 6) is 0.659. The molecule has 0 atom stereocenters. The lowest BCUT2D eigenvalue weighted by molar-refractivity contribution is -0.385. The third-order valence-corrected chi connectivity index (χ3v) is 2.61. The second-order valence-corrected chi connectivity index (χ2v) is 4.07. The summed E-state index contributed by atoms with van der Waals surface area (Å²) in [6.07, 6.45) is 0. The van der Waals surface area contributed by atoms with Crippen LogP contribution in [-0.4, -0.2) is 4.92 Å². The fraction of sp³-hybridized carbons (Fsp3) is 0.0769. The summed E-state index contributed by atoms with van der Waals surface area (Å²) in [5.41, 5.74) is 0.465. The van der Waals surface area contributed by atoms with Crippen LogP contribution in [-0.2, 0) is 6.61 Å². The largest absolute Gasteiger partial charge is 0.489 e. The molecule has 0 radical (unpaired) electrons. The van der Waals surface area contributed by atoms with E-state index < -0.39 is 4.92 Å². The van der Waals surface area contributed by atoms with Crippen LogP contribution in [0.5, 0.6) is 5.75 Å². The second kappa shape index (κ2) is 5.51. The van der Waals surface area contributed by atoms with Gasteiger partial charge in [0, 0.05) is 11.1 Å². The van der Waals surface area contributed by atoms with Gasteiger partial charge in [0.1, 0.15) is 12.4 Å². The van der Waals surface area contributed by atoms with Crippen LogP contribution in [0.4, 0.5) is 5.69 Å². The summed E-state index contributed by atoms with van der Waals surface area (Å²) < 4.78 is 5.47. The molecule has 5 heteroatoms. The van der Waals surface area contributed by atoms with Crippen molar-refractivity contribution in [2.45, 2.75) is 6.61 Å². The minimum absolute atomic E-state index is 0.00957. The van der Waals surface area contributed by atoms with Crippen LogP contribution < -0.4 is 4.74 Å². The van der Waals surface area contributed by atoms with Crippen molar-refractivity contribution in [2.75, 3.05) is 0 Å². The van der Waals surface area contributed by atoms with Crippen molar-refractivity contribution in [3.8, 4) is 5.75 Å². The number of para-hydroxylation sites is 1. The number of halogens is 1. The van der Waals surface area contributed by atoms with Gasteiger partial charge in [-0.15, -0.1) is 0 Å². The van der Waals surface area contributed by atoms with Gasteiger partial charge >= 0.3 is 0 Å². The molecule has 0 spiro atoms. The fourth-order valence-corrected chi connectivity index (χ4v) is 1.72. The number of rotatable bonds is 4. The second-order valence-electron chi connectivity index (χ2n) is 3.63. The summed E-state index contributed by atoms with van der Waals surface area (Å²) in [6.45, 7) is 0.112. The van der Waals surface area contributed by atoms with Gasteiger partial charge in [0.2, 0.25) is 0 Å². The fourth-order valence-electron chi connectivity index (χ4n) is 1.53. The molecule has 0 amide bonds. The Hall–Kier alpha value is -2.07. The molecule has 4 nitrogen and oxygen atoms in total. The van der Waals surface area contributed by atoms with Crippen LogP contribution in [0.3, 0.4) is 0 Å². The smallest absolute Gasteiger partial charge is 0.276 e. The van der Waals surface area contributed by atoms with Gasteiger partial charge in [-0.3, -0.25) is 10.1 Å². The van der Waals surface area contributed by atoms with Crippen molar-refractivity contribution in [1.29, 1.82) is 0 Å². The predicted molar refractivity (Wildman–Crippen MR) is 68.9 cm³/mol. The maximum Gasteiger partial charge on any atom is 0.276 e. The Labute approximate surface area is 109 Å². The van der Waals surface area contributed by atoms with Gasteiger partial charge in [-0.25, -0.2) is 0 Å². The van der Waals surface area contributed by atoms with E-state index in [-0.39, 0.29) is 12.3 Å². The van der Waals surface area contributed by atoms with Crippen LogP contribution in [0.1, 0.15) is 5.56 Å². The molecule has 0 heterocycles. The van der Waals surface area contributed by atoms with E-state index in [0.29, 0.717) is 16.3 Å². The van der Waals surface area contributed by atoms with E-state index in [9.17, 15) is 10.1 Å². The van der Waals surface area contributed by atoms with E-state index in [1.807, 2.05) is 18.2 Å². The molecule has 2 aromatic carbocycles. The topological polar surface area (TPSA) is 52.4 Å². The molecular formula is C13H10ClNO3. The molecule has 0 aliphatic rings. The third kappa shape index (κ3) is 2.99. The number of ether oxygens (including phenoxy) is 1. The van der Waals surface area contributed by atoms with Crippen LogP contribution in [0.15, 0.2) is 48.5 Å². The number of nitrogens with zero attached hydrogens (tertiary/aromatic N) is 1. The summed E-state index contributed by atoms with van der Waals surface area (Å²) in [5, 5.41) is 11.3. The minimum Gasteiger partial charge on any atom is -0.489 e. The molecule has 0 aliphatic heterocycles. The first-order chi connectivity index (χ1) is 8.66. The van der Waals surface area contributed by atoms with Gasteiger partial charge in [0.05, 0.1) is 10.5 Å². The molecule has 18 heavy (non-hydrogen) atoms. The quantitative estimate of drug-likeness (QED) is 0.622. The Balaban J connectivity index is 2.18. The predicted octanol–water partition coefficient (Wildman–Crippen LogP) is 3.83. The Morgan fingerprint density at radius 2 is 1.89 bits per heavy atom. The van der Waals surface area contributed by atoms with Crippen molar-refractivity contribution < 1.29 is 9.66 Å². The number of benzene rings is 2. The summed E-state index contributed by atoms with van der Waals surface area (Å²) in [4.78, 5) is 10.4. The van der Waals surface area contributed by atoms with E-state index in [1.165, 1.54) is 12.1 Å². The van der Waals surface area contributed by atoms with Gasteiger partial charge in [-0.05, 0) is 24.3 Å². The van der Waals surface area contributed by atoms with Gasteiger partial charge in [0.25, 0.3) is 5.69 Å². The van der Waals surface area contributed by atoms with Crippen LogP contribution in [0.2, 0.25) is 5.02 Å². The van der Waals surface area contributed by atoms with Crippen molar-refractivity contribution >= 4 is 17.3 Å². The lowest BCUT2D eigenvalue weighted by Crippen LogP contribution is -2.00. The van der Waals surface area contributed by atoms with Gasteiger partial charge in [0.15, 0.2) is 0 Å². The average Bonchev–Trinajstić information content (AvgIpc) is 2.37. The highest BCUT2D eigenvalue weighted by Crippen LogP contribution is 2.24. The molecule has 0 N–H and O–H groups in total. The van der Waals surface area contributed by atoms with Crippen LogP contribution in [0, 0.1) is 10.1 Å². The molecule has 92 valence electrons. The first kappa shape index (κ1) is 12.4. The van der Waals surface area contributed by atoms with Gasteiger partial charge in [-0.2, -0.15) is 0 Å². The summed E-state index contributed by atoms with van der Waals surface area (Å²) >= 11 is 5.83. The van der Waals surface area contributed by atoms with Crippen molar-refractivity contribution in [2.24, 2.45) is 0 Å². The highest BCUT2D eigenvalue weighted by atomic mass is 35.5. The molecule has 0 aliphatic carbocycles. The minimum atomic E-state index is -0.444. The SMILES string of the molecule is O=[N+]([O-])c1ccc(Cl)cc1COc1ccccc1. The Kier molecular flexibility index (Phi) is 3.79. The first-order valence-corrected chi connectivity index (χ1v) is 5.65. The highest BCUT2D eigenvalue weighted by Gasteiger charge is 2.14. The number of hydrogen-bond donors (Lipinski definition) is 0. The Morgan fingerprint density at radius 1 is 1.17 bits per heavy atom. The lowest BCUT2D eigenvalue weighted by atomic mass is 10.2. The standard InChI is InChI=1S/C13H10ClNO3/c14-11-6-7-13(15(16)17)10(8-11)9-18-12-4-2-1-3-5-12/h1-8H,9H2. The van der Waals surface area contributed by atoms with Gasteiger partial charge in [-0.1, -0.05) is 29.8 Å². The monoisotopic (exact) mass is 263 g/mol. The molecule has 0 saturated carbocycles. The van der Waals surface area contributed by atoms with Crippen LogP contribution in [0.25, 0.3) is 0 Å². The zero-order valence-electron chi connectivity index (χ0n) is 9.38. The van der Waals surface area contributed by atoms with Crippen molar-refractivity contribution in [3.05, 3.63) is 69.2 Å². The van der Waals surface area contributed by atoms with E-state index in [1.54, 1.807) is 18.2 Å². The van der Waals surface area contributed by atoms with E-state index in [0.717, 1.165) is 0 Å². The third-order valence-electron chi connectivity index (χ3n) is 2.38. The molecule has 0 fully saturated rings. The van der Waals surface area contributed by atoms with E-state index in [2.05, 4.69) is 0 Å². The van der Waals surface area contributed by atoms with Crippen LogP contribution >= 0.6 is 11.6 Å². The Morgan fingerprint density at radius 3 is 2.56 bits per heavy atom. The molecule has 0 bridgehead atoms. The zero-order valence-corrected chi connectivity index (χ0v) is 10.1. The molecule has 2 aromatic rings. The molecule has 0 unspecified atom stereocenters. The normalized spacial score (nSPS) is 10.1. The summed E-state index contributed by atoms with van der Waals surface area (Å²) in [7, 11) is 0. The molecule has 0 aromatic heterocycles. The number of nitro benzene ring substituents is 1. The molecule has 0 saturated heterocycles. The van der Waals surface area contributed by atoms with Crippen molar-refractivity contribution in [1.82, 2.24) is 0 Å². The molecular weight excluding hydrogens is 254 g/mol. The first-order valence-electron chi connectivity index (χ1n) is 5.27. The summed E-state index contributed by atoms with van der Waals surface area (Å²) in [6, 6.07) is 13.5. The Bertz CT molecular complexity index is 557. The zero-order chi connectivity index (χ0) is 13.0. The maximum atomic E-state index is 10.9. The van der Waals surface area contributed by atoms with Crippen molar-refractivity contribution in [3.63, 3.8) is 0 Å². The number of hydrogen-bond acceptors (Lipinski definition) is 3. The average molecular weight is 264 g/mol. The van der Waals surface area contributed by atoms with Gasteiger partial charge < -0.3 is 4.74 Å². The number of nitro groups is 1. The highest BCUT2D eigenvalue weighted by molar-refractivity contribution is 6.30.